The van der Waals surface area contributed by atoms with E-state index in [1.54, 1.807) is 33.8 Å². The van der Waals surface area contributed by atoms with Gasteiger partial charge in [-0.2, -0.15) is 5.10 Å². The van der Waals surface area contributed by atoms with Crippen molar-refractivity contribution < 1.29 is 9.59 Å². The molecule has 7 nitrogen and oxygen atoms in total. The number of aromatic nitrogens is 3. The number of benzene rings is 1. The molecule has 144 valence electrons. The largest absolute Gasteiger partial charge is 0.339 e. The number of anilines is 1. The minimum absolute atomic E-state index is 0.119. The lowest BCUT2D eigenvalue weighted by Crippen LogP contribution is -2.29. The summed E-state index contributed by atoms with van der Waals surface area (Å²) in [7, 11) is 1.81. The van der Waals surface area contributed by atoms with Crippen LogP contribution >= 0.6 is 11.6 Å². The van der Waals surface area contributed by atoms with Gasteiger partial charge in [-0.3, -0.25) is 14.3 Å². The van der Waals surface area contributed by atoms with Crippen LogP contribution in [0.1, 0.15) is 39.3 Å². The molecule has 1 saturated heterocycles. The van der Waals surface area contributed by atoms with E-state index in [4.69, 9.17) is 11.6 Å². The molecule has 0 unspecified atom stereocenters. The summed E-state index contributed by atoms with van der Waals surface area (Å²) in [6.45, 7) is 3.32. The molecule has 1 N–H and O–H groups in total. The van der Waals surface area contributed by atoms with Gasteiger partial charge in [0, 0.05) is 36.7 Å². The number of likely N-dealkylation sites (tertiary alicyclic amines) is 1. The summed E-state index contributed by atoms with van der Waals surface area (Å²) in [5.41, 5.74) is 2.75. The molecule has 1 aliphatic heterocycles. The van der Waals surface area contributed by atoms with Crippen LogP contribution in [0.5, 0.6) is 0 Å². The van der Waals surface area contributed by atoms with Gasteiger partial charge < -0.3 is 10.2 Å². The highest BCUT2D eigenvalue weighted by Gasteiger charge is 2.23. The monoisotopic (exact) mass is 397 g/mol. The van der Waals surface area contributed by atoms with E-state index in [0.29, 0.717) is 27.5 Å². The molecular weight excluding hydrogens is 378 g/mol. The predicted octanol–water partition coefficient (Wildman–Crippen LogP) is 3.42. The first-order valence-corrected chi connectivity index (χ1v) is 9.51. The summed E-state index contributed by atoms with van der Waals surface area (Å²) >= 11 is 6.10. The number of hydrogen-bond donors (Lipinski definition) is 1. The van der Waals surface area contributed by atoms with Crippen molar-refractivity contribution in [1.82, 2.24) is 19.7 Å². The van der Waals surface area contributed by atoms with Gasteiger partial charge in [-0.25, -0.2) is 4.98 Å². The lowest BCUT2D eigenvalue weighted by atomic mass is 10.1. The van der Waals surface area contributed by atoms with Crippen molar-refractivity contribution in [2.24, 2.45) is 7.05 Å². The molecule has 0 saturated carbocycles. The molecule has 1 aromatic carbocycles. The number of nitrogens with zero attached hydrogens (tertiary/aromatic N) is 4. The van der Waals surface area contributed by atoms with Crippen molar-refractivity contribution in [3.8, 4) is 0 Å². The molecule has 2 aromatic heterocycles. The van der Waals surface area contributed by atoms with Crippen LogP contribution in [0.3, 0.4) is 0 Å². The Hall–Kier alpha value is -2.93. The number of pyridine rings is 1. The second-order valence-corrected chi connectivity index (χ2v) is 7.38. The first-order chi connectivity index (χ1) is 13.4. The second kappa shape index (κ2) is 7.24. The maximum atomic E-state index is 12.9. The fourth-order valence-corrected chi connectivity index (χ4v) is 3.69. The standard InChI is InChI=1S/C20H20ClN5O2/c1-12-15-9-13(11-22-18(15)25(2)24-12)19(27)23-17-6-5-14(21)10-16(17)20(28)26-7-3-4-8-26/h5-6,9-11H,3-4,7-8H2,1-2H3,(H,23,27). The molecule has 0 spiro atoms. The summed E-state index contributed by atoms with van der Waals surface area (Å²) in [5, 5.41) is 8.43. The van der Waals surface area contributed by atoms with Gasteiger partial charge in [0.05, 0.1) is 22.5 Å². The Balaban J connectivity index is 1.64. The molecule has 3 aromatic rings. The van der Waals surface area contributed by atoms with Gasteiger partial charge in [-0.1, -0.05) is 11.6 Å². The van der Waals surface area contributed by atoms with E-state index in [1.807, 2.05) is 14.0 Å². The maximum absolute atomic E-state index is 12.9. The van der Waals surface area contributed by atoms with E-state index in [-0.39, 0.29) is 11.8 Å². The van der Waals surface area contributed by atoms with Crippen LogP contribution in [-0.2, 0) is 7.05 Å². The van der Waals surface area contributed by atoms with E-state index in [0.717, 1.165) is 37.0 Å². The SMILES string of the molecule is Cc1nn(C)c2ncc(C(=O)Nc3ccc(Cl)cc3C(=O)N3CCCC3)cc12. The molecule has 3 heterocycles. The highest BCUT2D eigenvalue weighted by molar-refractivity contribution is 6.31. The van der Waals surface area contributed by atoms with E-state index >= 15 is 0 Å². The zero-order chi connectivity index (χ0) is 19.8. The average molecular weight is 398 g/mol. The molecule has 8 heteroatoms. The highest BCUT2D eigenvalue weighted by atomic mass is 35.5. The smallest absolute Gasteiger partial charge is 0.257 e. The van der Waals surface area contributed by atoms with Crippen LogP contribution in [-0.4, -0.2) is 44.6 Å². The van der Waals surface area contributed by atoms with E-state index in [2.05, 4.69) is 15.4 Å². The van der Waals surface area contributed by atoms with Gasteiger partial charge in [0.1, 0.15) is 0 Å². The van der Waals surface area contributed by atoms with Gasteiger partial charge >= 0.3 is 0 Å². The number of carbonyl (C=O) groups excluding carboxylic acids is 2. The fraction of sp³-hybridized carbons (Fsp3) is 0.300. The highest BCUT2D eigenvalue weighted by Crippen LogP contribution is 2.25. The molecule has 28 heavy (non-hydrogen) atoms. The number of carbonyl (C=O) groups is 2. The van der Waals surface area contributed by atoms with E-state index in [9.17, 15) is 9.59 Å². The number of aryl methyl sites for hydroxylation is 2. The molecule has 0 bridgehead atoms. The number of fused-ring (bicyclic) bond motifs is 1. The lowest BCUT2D eigenvalue weighted by Gasteiger charge is -2.18. The molecule has 1 aliphatic rings. The Bertz CT molecular complexity index is 1090. The van der Waals surface area contributed by atoms with Crippen LogP contribution < -0.4 is 5.32 Å². The normalized spacial score (nSPS) is 13.9. The molecule has 1 fully saturated rings. The number of rotatable bonds is 3. The topological polar surface area (TPSA) is 80.1 Å². The number of amides is 2. The van der Waals surface area contributed by atoms with Crippen LogP contribution in [0.4, 0.5) is 5.69 Å². The Morgan fingerprint density at radius 3 is 2.68 bits per heavy atom. The average Bonchev–Trinajstić information content (AvgIpc) is 3.31. The third-order valence-electron chi connectivity index (χ3n) is 4.98. The molecule has 0 radical (unpaired) electrons. The molecule has 0 atom stereocenters. The summed E-state index contributed by atoms with van der Waals surface area (Å²) in [4.78, 5) is 31.8. The third kappa shape index (κ3) is 3.33. The first-order valence-electron chi connectivity index (χ1n) is 9.13. The van der Waals surface area contributed by atoms with Crippen molar-refractivity contribution in [2.45, 2.75) is 19.8 Å². The van der Waals surface area contributed by atoms with Crippen molar-refractivity contribution in [1.29, 1.82) is 0 Å². The number of nitrogens with one attached hydrogen (secondary N) is 1. The lowest BCUT2D eigenvalue weighted by molar-refractivity contribution is 0.0794. The Morgan fingerprint density at radius 1 is 1.18 bits per heavy atom. The molecule has 2 amide bonds. The summed E-state index contributed by atoms with van der Waals surface area (Å²) in [6.07, 6.45) is 3.49. The second-order valence-electron chi connectivity index (χ2n) is 6.95. The Morgan fingerprint density at radius 2 is 1.93 bits per heavy atom. The maximum Gasteiger partial charge on any atom is 0.257 e. The van der Waals surface area contributed by atoms with Crippen LogP contribution in [0.2, 0.25) is 5.02 Å². The van der Waals surface area contributed by atoms with E-state index in [1.165, 1.54) is 6.20 Å². The van der Waals surface area contributed by atoms with Crippen LogP contribution in [0.25, 0.3) is 11.0 Å². The van der Waals surface area contributed by atoms with Crippen LogP contribution in [0.15, 0.2) is 30.5 Å². The molecule has 0 aliphatic carbocycles. The van der Waals surface area contributed by atoms with Crippen molar-refractivity contribution in [3.05, 3.63) is 52.3 Å². The van der Waals surface area contributed by atoms with Gasteiger partial charge in [-0.15, -0.1) is 0 Å². The summed E-state index contributed by atoms with van der Waals surface area (Å²) in [5.74, 6) is -0.456. The Labute approximate surface area is 167 Å². The zero-order valence-corrected chi connectivity index (χ0v) is 16.5. The number of hydrogen-bond acceptors (Lipinski definition) is 4. The third-order valence-corrected chi connectivity index (χ3v) is 5.21. The number of halogens is 1. The summed E-state index contributed by atoms with van der Waals surface area (Å²) < 4.78 is 1.68. The van der Waals surface area contributed by atoms with Crippen molar-refractivity contribution >= 4 is 40.1 Å². The fourth-order valence-electron chi connectivity index (χ4n) is 3.52. The Kier molecular flexibility index (Phi) is 4.77. The zero-order valence-electron chi connectivity index (χ0n) is 15.7. The first kappa shape index (κ1) is 18.4. The van der Waals surface area contributed by atoms with Gasteiger partial charge in [0.15, 0.2) is 5.65 Å². The quantitative estimate of drug-likeness (QED) is 0.734. The molecular formula is C20H20ClN5O2. The van der Waals surface area contributed by atoms with Crippen LogP contribution in [0, 0.1) is 6.92 Å². The van der Waals surface area contributed by atoms with Gasteiger partial charge in [0.2, 0.25) is 0 Å². The minimum Gasteiger partial charge on any atom is -0.339 e. The van der Waals surface area contributed by atoms with E-state index < -0.39 is 0 Å². The molecule has 4 rings (SSSR count). The van der Waals surface area contributed by atoms with Crippen molar-refractivity contribution in [2.75, 3.05) is 18.4 Å². The predicted molar refractivity (Wildman–Crippen MR) is 108 cm³/mol. The van der Waals surface area contributed by atoms with Gasteiger partial charge in [0.25, 0.3) is 11.8 Å². The van der Waals surface area contributed by atoms with Gasteiger partial charge in [-0.05, 0) is 44.0 Å². The van der Waals surface area contributed by atoms with Crippen molar-refractivity contribution in [3.63, 3.8) is 0 Å². The summed E-state index contributed by atoms with van der Waals surface area (Å²) in [6, 6.07) is 6.68. The minimum atomic E-state index is -0.338.